The molecule has 0 radical (unpaired) electrons. The van der Waals surface area contributed by atoms with E-state index in [1.165, 1.54) is 5.56 Å². The van der Waals surface area contributed by atoms with Gasteiger partial charge in [-0.05, 0) is 28.0 Å². The molecule has 0 aliphatic carbocycles. The molecule has 0 fully saturated rings. The second kappa shape index (κ2) is 6.29. The number of nitrogens with zero attached hydrogens (tertiary/aromatic N) is 2. The van der Waals surface area contributed by atoms with Crippen LogP contribution < -0.4 is 10.5 Å². The minimum atomic E-state index is -0.316. The van der Waals surface area contributed by atoms with Gasteiger partial charge in [-0.15, -0.1) is 16.4 Å². The summed E-state index contributed by atoms with van der Waals surface area (Å²) in [7, 11) is 0. The van der Waals surface area contributed by atoms with Gasteiger partial charge in [0.05, 0.1) is 22.1 Å². The van der Waals surface area contributed by atoms with E-state index in [1.54, 1.807) is 11.3 Å². The molecule has 6 heteroatoms. The predicted octanol–water partition coefficient (Wildman–Crippen LogP) is 4.65. The molecule has 2 aromatic heterocycles. The van der Waals surface area contributed by atoms with Crippen LogP contribution in [0.25, 0.3) is 10.6 Å². The molecule has 136 valence electrons. The molecule has 0 spiro atoms. The summed E-state index contributed by atoms with van der Waals surface area (Å²) < 4.78 is 5.64. The number of ether oxygens (including phenoxy) is 1. The zero-order chi connectivity index (χ0) is 19.2. The summed E-state index contributed by atoms with van der Waals surface area (Å²) >= 11 is 1.61. The van der Waals surface area contributed by atoms with Crippen molar-refractivity contribution >= 4 is 11.3 Å². The Morgan fingerprint density at radius 3 is 2.56 bits per heavy atom. The van der Waals surface area contributed by atoms with E-state index in [-0.39, 0.29) is 17.2 Å². The lowest BCUT2D eigenvalue weighted by Gasteiger charge is -2.25. The summed E-state index contributed by atoms with van der Waals surface area (Å²) in [5.41, 5.74) is 10.5. The largest absolute Gasteiger partial charge is 0.420 e. The second-order valence-electron chi connectivity index (χ2n) is 7.59. The molecule has 27 heavy (non-hydrogen) atoms. The Kier molecular flexibility index (Phi) is 4.05. The molecule has 4 rings (SSSR count). The molecule has 3 aromatic rings. The Balaban J connectivity index is 1.89. The number of nitrogens with two attached hydrogens (primary N) is 1. The number of thiophene rings is 1. The lowest BCUT2D eigenvalue weighted by Crippen LogP contribution is -2.21. The second-order valence-corrected chi connectivity index (χ2v) is 8.54. The number of benzene rings is 1. The topological polar surface area (TPSA) is 87.7 Å². The van der Waals surface area contributed by atoms with Crippen LogP contribution >= 0.6 is 11.3 Å². The number of H-pyrrole nitrogens is 1. The number of hydrogen-bond donors (Lipinski definition) is 2. The number of aromatic amines is 1. The highest BCUT2D eigenvalue weighted by molar-refractivity contribution is 7.13. The third kappa shape index (κ3) is 2.90. The van der Waals surface area contributed by atoms with Crippen LogP contribution in [0.1, 0.15) is 43.4 Å². The molecule has 1 atom stereocenters. The van der Waals surface area contributed by atoms with Gasteiger partial charge in [-0.1, -0.05) is 51.1 Å². The Hall–Kier alpha value is -3.04. The smallest absolute Gasteiger partial charge is 0.244 e. The van der Waals surface area contributed by atoms with E-state index in [2.05, 4.69) is 61.3 Å². The first-order valence-electron chi connectivity index (χ1n) is 8.70. The fourth-order valence-electron chi connectivity index (χ4n) is 3.36. The minimum absolute atomic E-state index is 0.0596. The van der Waals surface area contributed by atoms with E-state index in [0.29, 0.717) is 11.5 Å². The van der Waals surface area contributed by atoms with Crippen molar-refractivity contribution in [1.29, 1.82) is 5.26 Å². The van der Waals surface area contributed by atoms with Gasteiger partial charge in [-0.25, -0.2) is 0 Å². The number of nitrogens with one attached hydrogen (secondary N) is 1. The summed E-state index contributed by atoms with van der Waals surface area (Å²) in [6.45, 7) is 6.54. The maximum Gasteiger partial charge on any atom is 0.244 e. The number of fused-ring (bicyclic) bond motifs is 1. The SMILES string of the molecule is CC(C)(C)c1ccc(C2C(C#N)=C(N)Oc3n[nH]c(-c4cccs4)c32)cc1. The summed E-state index contributed by atoms with van der Waals surface area (Å²) in [4.78, 5) is 1.04. The molecule has 0 saturated heterocycles. The maximum atomic E-state index is 9.77. The molecule has 1 aliphatic rings. The molecule has 1 aliphatic heterocycles. The van der Waals surface area contributed by atoms with Crippen molar-refractivity contribution in [3.63, 3.8) is 0 Å². The van der Waals surface area contributed by atoms with E-state index in [4.69, 9.17) is 10.5 Å². The fraction of sp³-hybridized carbons (Fsp3) is 0.238. The van der Waals surface area contributed by atoms with E-state index in [0.717, 1.165) is 21.7 Å². The monoisotopic (exact) mass is 376 g/mol. The molecule has 0 saturated carbocycles. The van der Waals surface area contributed by atoms with Crippen molar-refractivity contribution in [2.45, 2.75) is 32.1 Å². The summed E-state index contributed by atoms with van der Waals surface area (Å²) in [5.74, 6) is 0.225. The lowest BCUT2D eigenvalue weighted by atomic mass is 9.81. The highest BCUT2D eigenvalue weighted by atomic mass is 32.1. The Bertz CT molecular complexity index is 1050. The van der Waals surface area contributed by atoms with Crippen LogP contribution in [0.3, 0.4) is 0 Å². The van der Waals surface area contributed by atoms with Crippen molar-refractivity contribution in [2.75, 3.05) is 0 Å². The van der Waals surface area contributed by atoms with Gasteiger partial charge in [-0.3, -0.25) is 5.10 Å². The molecule has 3 heterocycles. The predicted molar refractivity (Wildman–Crippen MR) is 106 cm³/mol. The molecular weight excluding hydrogens is 356 g/mol. The van der Waals surface area contributed by atoms with E-state index in [9.17, 15) is 5.26 Å². The Labute approximate surface area is 162 Å². The van der Waals surface area contributed by atoms with Gasteiger partial charge in [0.1, 0.15) is 11.6 Å². The zero-order valence-electron chi connectivity index (χ0n) is 15.4. The van der Waals surface area contributed by atoms with Crippen LogP contribution in [0.15, 0.2) is 53.2 Å². The van der Waals surface area contributed by atoms with Crippen LogP contribution in [0.2, 0.25) is 0 Å². The van der Waals surface area contributed by atoms with Crippen molar-refractivity contribution in [2.24, 2.45) is 5.73 Å². The third-order valence-electron chi connectivity index (χ3n) is 4.82. The van der Waals surface area contributed by atoms with Gasteiger partial charge in [0.2, 0.25) is 11.8 Å². The maximum absolute atomic E-state index is 9.77. The number of aromatic nitrogens is 2. The number of rotatable bonds is 2. The lowest BCUT2D eigenvalue weighted by molar-refractivity contribution is 0.379. The van der Waals surface area contributed by atoms with Crippen LogP contribution in [-0.2, 0) is 5.41 Å². The standard InChI is InChI=1S/C21H20N4OS/c1-21(2,3)13-8-6-12(7-9-13)16-14(11-22)19(23)26-20-17(16)18(24-25-20)15-5-4-10-27-15/h4-10,16H,23H2,1-3H3,(H,24,25). The average Bonchev–Trinajstić information content (AvgIpc) is 3.29. The van der Waals surface area contributed by atoms with Crippen molar-refractivity contribution in [3.05, 3.63) is 69.9 Å². The summed E-state index contributed by atoms with van der Waals surface area (Å²) in [6, 6.07) is 14.6. The molecule has 1 unspecified atom stereocenters. The van der Waals surface area contributed by atoms with Gasteiger partial charge < -0.3 is 10.5 Å². The fourth-order valence-corrected chi connectivity index (χ4v) is 4.10. The number of nitriles is 1. The minimum Gasteiger partial charge on any atom is -0.420 e. The van der Waals surface area contributed by atoms with Crippen LogP contribution in [0.4, 0.5) is 0 Å². The van der Waals surface area contributed by atoms with Crippen LogP contribution in [0, 0.1) is 11.3 Å². The Morgan fingerprint density at radius 2 is 1.96 bits per heavy atom. The summed E-state index contributed by atoms with van der Waals surface area (Å²) in [5, 5.41) is 19.1. The zero-order valence-corrected chi connectivity index (χ0v) is 16.2. The van der Waals surface area contributed by atoms with E-state index in [1.807, 2.05) is 17.5 Å². The van der Waals surface area contributed by atoms with Crippen molar-refractivity contribution in [1.82, 2.24) is 10.2 Å². The van der Waals surface area contributed by atoms with Crippen LogP contribution in [0.5, 0.6) is 5.88 Å². The molecule has 3 N–H and O–H groups in total. The van der Waals surface area contributed by atoms with Crippen molar-refractivity contribution < 1.29 is 4.74 Å². The first-order valence-corrected chi connectivity index (χ1v) is 9.58. The van der Waals surface area contributed by atoms with Gasteiger partial charge in [0.25, 0.3) is 0 Å². The number of allylic oxidation sites excluding steroid dienone is 1. The Morgan fingerprint density at radius 1 is 1.22 bits per heavy atom. The van der Waals surface area contributed by atoms with Crippen molar-refractivity contribution in [3.8, 4) is 22.5 Å². The molecule has 0 bridgehead atoms. The summed E-state index contributed by atoms with van der Waals surface area (Å²) in [6.07, 6.45) is 0. The highest BCUT2D eigenvalue weighted by Crippen LogP contribution is 2.46. The third-order valence-corrected chi connectivity index (χ3v) is 5.70. The van der Waals surface area contributed by atoms with Crippen LogP contribution in [-0.4, -0.2) is 10.2 Å². The molecular formula is C21H20N4OS. The molecule has 1 aromatic carbocycles. The highest BCUT2D eigenvalue weighted by Gasteiger charge is 2.35. The quantitative estimate of drug-likeness (QED) is 0.681. The average molecular weight is 376 g/mol. The van der Waals surface area contributed by atoms with Gasteiger partial charge in [0, 0.05) is 0 Å². The molecule has 0 amide bonds. The first-order chi connectivity index (χ1) is 12.9. The van der Waals surface area contributed by atoms with Gasteiger partial charge in [0.15, 0.2) is 0 Å². The number of hydrogen-bond acceptors (Lipinski definition) is 5. The normalized spacial score (nSPS) is 16.6. The molecule has 5 nitrogen and oxygen atoms in total. The van der Waals surface area contributed by atoms with E-state index < -0.39 is 0 Å². The van der Waals surface area contributed by atoms with Gasteiger partial charge >= 0.3 is 0 Å². The van der Waals surface area contributed by atoms with E-state index >= 15 is 0 Å². The van der Waals surface area contributed by atoms with Gasteiger partial charge in [-0.2, -0.15) is 5.26 Å². The first kappa shape index (κ1) is 17.4.